The number of benzene rings is 1. The number of hydrogen-bond acceptors (Lipinski definition) is 2. The SMILES string of the molecule is CN1C(=O)Cc2cc(NCCCl)ccc21. The first-order valence-electron chi connectivity index (χ1n) is 4.91. The van der Waals surface area contributed by atoms with E-state index >= 15 is 0 Å². The summed E-state index contributed by atoms with van der Waals surface area (Å²) in [5, 5.41) is 3.19. The van der Waals surface area contributed by atoms with E-state index < -0.39 is 0 Å². The Bertz CT molecular complexity index is 392. The van der Waals surface area contributed by atoms with E-state index in [9.17, 15) is 4.79 Å². The van der Waals surface area contributed by atoms with Gasteiger partial charge in [0.1, 0.15) is 0 Å². The first-order valence-corrected chi connectivity index (χ1v) is 5.45. The Morgan fingerprint density at radius 1 is 1.53 bits per heavy atom. The van der Waals surface area contributed by atoms with Gasteiger partial charge < -0.3 is 10.2 Å². The molecule has 0 radical (unpaired) electrons. The molecule has 0 aliphatic carbocycles. The first-order chi connectivity index (χ1) is 7.22. The fourth-order valence-corrected chi connectivity index (χ4v) is 1.87. The van der Waals surface area contributed by atoms with Crippen LogP contribution in [0.5, 0.6) is 0 Å². The van der Waals surface area contributed by atoms with Crippen LogP contribution < -0.4 is 10.2 Å². The molecule has 15 heavy (non-hydrogen) atoms. The molecule has 1 heterocycles. The average Bonchev–Trinajstić information content (AvgIpc) is 2.52. The van der Waals surface area contributed by atoms with Crippen LogP contribution >= 0.6 is 11.6 Å². The minimum absolute atomic E-state index is 0.152. The third kappa shape index (κ3) is 1.92. The van der Waals surface area contributed by atoms with Gasteiger partial charge in [0.05, 0.1) is 6.42 Å². The van der Waals surface area contributed by atoms with E-state index in [0.29, 0.717) is 12.3 Å². The summed E-state index contributed by atoms with van der Waals surface area (Å²) in [4.78, 5) is 13.1. The smallest absolute Gasteiger partial charge is 0.231 e. The van der Waals surface area contributed by atoms with Crippen molar-refractivity contribution in [2.24, 2.45) is 0 Å². The molecule has 1 aromatic carbocycles. The standard InChI is InChI=1S/C11H13ClN2O/c1-14-10-3-2-9(13-5-4-12)6-8(10)7-11(14)15/h2-3,6,13H,4-5,7H2,1H3. The van der Waals surface area contributed by atoms with E-state index in [4.69, 9.17) is 11.6 Å². The van der Waals surface area contributed by atoms with E-state index in [2.05, 4.69) is 5.32 Å². The highest BCUT2D eigenvalue weighted by Gasteiger charge is 2.23. The zero-order valence-electron chi connectivity index (χ0n) is 8.59. The van der Waals surface area contributed by atoms with Crippen LogP contribution in [0.3, 0.4) is 0 Å². The number of carbonyl (C=O) groups excluding carboxylic acids is 1. The summed E-state index contributed by atoms with van der Waals surface area (Å²) >= 11 is 5.59. The van der Waals surface area contributed by atoms with Gasteiger partial charge in [-0.25, -0.2) is 0 Å². The first kappa shape index (κ1) is 10.3. The Labute approximate surface area is 94.0 Å². The number of carbonyl (C=O) groups is 1. The van der Waals surface area contributed by atoms with Gasteiger partial charge in [0.15, 0.2) is 0 Å². The molecule has 1 N–H and O–H groups in total. The molecule has 1 aromatic rings. The maximum atomic E-state index is 11.4. The van der Waals surface area contributed by atoms with Crippen LogP contribution in [-0.4, -0.2) is 25.4 Å². The molecular weight excluding hydrogens is 212 g/mol. The summed E-state index contributed by atoms with van der Waals surface area (Å²) < 4.78 is 0. The molecule has 1 aliphatic heterocycles. The molecule has 0 spiro atoms. The molecule has 0 unspecified atom stereocenters. The molecule has 0 fully saturated rings. The molecule has 80 valence electrons. The Kier molecular flexibility index (Phi) is 2.82. The van der Waals surface area contributed by atoms with Gasteiger partial charge in [0, 0.05) is 30.8 Å². The lowest BCUT2D eigenvalue weighted by atomic mass is 10.1. The number of anilines is 2. The van der Waals surface area contributed by atoms with Crippen LogP contribution in [0.2, 0.25) is 0 Å². The number of alkyl halides is 1. The average molecular weight is 225 g/mol. The lowest BCUT2D eigenvalue weighted by Gasteiger charge is -2.11. The van der Waals surface area contributed by atoms with Crippen LogP contribution in [0.1, 0.15) is 5.56 Å². The quantitative estimate of drug-likeness (QED) is 0.795. The molecule has 4 heteroatoms. The van der Waals surface area contributed by atoms with Gasteiger partial charge in [0.2, 0.25) is 5.91 Å². The van der Waals surface area contributed by atoms with E-state index in [1.165, 1.54) is 0 Å². The summed E-state index contributed by atoms with van der Waals surface area (Å²) in [7, 11) is 1.81. The third-order valence-electron chi connectivity index (χ3n) is 2.58. The molecule has 0 saturated carbocycles. The highest BCUT2D eigenvalue weighted by Crippen LogP contribution is 2.29. The molecule has 0 bridgehead atoms. The van der Waals surface area contributed by atoms with Gasteiger partial charge >= 0.3 is 0 Å². The maximum Gasteiger partial charge on any atom is 0.231 e. The van der Waals surface area contributed by atoms with Crippen LogP contribution in [0, 0.1) is 0 Å². The number of likely N-dealkylation sites (N-methyl/N-ethyl adjacent to an activating group) is 1. The second-order valence-corrected chi connectivity index (χ2v) is 3.97. The number of nitrogens with zero attached hydrogens (tertiary/aromatic N) is 1. The second-order valence-electron chi connectivity index (χ2n) is 3.59. The van der Waals surface area contributed by atoms with Crippen molar-refractivity contribution in [1.82, 2.24) is 0 Å². The van der Waals surface area contributed by atoms with Gasteiger partial charge in [-0.3, -0.25) is 4.79 Å². The summed E-state index contributed by atoms with van der Waals surface area (Å²) in [5.74, 6) is 0.732. The number of hydrogen-bond donors (Lipinski definition) is 1. The maximum absolute atomic E-state index is 11.4. The van der Waals surface area contributed by atoms with Gasteiger partial charge in [-0.15, -0.1) is 11.6 Å². The second kappa shape index (κ2) is 4.11. The van der Waals surface area contributed by atoms with E-state index in [-0.39, 0.29) is 5.91 Å². The molecule has 1 amide bonds. The predicted octanol–water partition coefficient (Wildman–Crippen LogP) is 1.86. The summed E-state index contributed by atoms with van der Waals surface area (Å²) in [6, 6.07) is 5.96. The third-order valence-corrected chi connectivity index (χ3v) is 2.77. The molecule has 2 rings (SSSR count). The topological polar surface area (TPSA) is 32.3 Å². The number of nitrogens with one attached hydrogen (secondary N) is 1. The van der Waals surface area contributed by atoms with Crippen molar-refractivity contribution in [2.75, 3.05) is 29.7 Å². The highest BCUT2D eigenvalue weighted by atomic mass is 35.5. The Balaban J connectivity index is 2.22. The van der Waals surface area contributed by atoms with Crippen molar-refractivity contribution in [3.63, 3.8) is 0 Å². The van der Waals surface area contributed by atoms with Crippen molar-refractivity contribution in [3.05, 3.63) is 23.8 Å². The van der Waals surface area contributed by atoms with E-state index in [1.54, 1.807) is 11.9 Å². The molecule has 3 nitrogen and oxygen atoms in total. The van der Waals surface area contributed by atoms with E-state index in [1.807, 2.05) is 18.2 Å². The van der Waals surface area contributed by atoms with E-state index in [0.717, 1.165) is 23.5 Å². The van der Waals surface area contributed by atoms with Crippen LogP contribution in [0.15, 0.2) is 18.2 Å². The molecular formula is C11H13ClN2O. The fourth-order valence-electron chi connectivity index (χ4n) is 1.77. The van der Waals surface area contributed by atoms with Crippen molar-refractivity contribution in [1.29, 1.82) is 0 Å². The zero-order valence-corrected chi connectivity index (χ0v) is 9.34. The summed E-state index contributed by atoms with van der Waals surface area (Å²) in [5.41, 5.74) is 3.12. The van der Waals surface area contributed by atoms with Crippen molar-refractivity contribution in [3.8, 4) is 0 Å². The van der Waals surface area contributed by atoms with Gasteiger partial charge in [-0.05, 0) is 23.8 Å². The van der Waals surface area contributed by atoms with Crippen LogP contribution in [-0.2, 0) is 11.2 Å². The lowest BCUT2D eigenvalue weighted by molar-refractivity contribution is -0.117. The summed E-state index contributed by atoms with van der Waals surface area (Å²) in [6.45, 7) is 0.740. The monoisotopic (exact) mass is 224 g/mol. The normalized spacial score (nSPS) is 14.3. The molecule has 0 aromatic heterocycles. The highest BCUT2D eigenvalue weighted by molar-refractivity contribution is 6.18. The number of halogens is 1. The Morgan fingerprint density at radius 2 is 2.33 bits per heavy atom. The predicted molar refractivity (Wildman–Crippen MR) is 62.8 cm³/mol. The minimum atomic E-state index is 0.152. The summed E-state index contributed by atoms with van der Waals surface area (Å²) in [6.07, 6.45) is 0.502. The molecule has 1 aliphatic rings. The van der Waals surface area contributed by atoms with Crippen molar-refractivity contribution >= 4 is 28.9 Å². The largest absolute Gasteiger partial charge is 0.384 e. The fraction of sp³-hybridized carbons (Fsp3) is 0.364. The van der Waals surface area contributed by atoms with Gasteiger partial charge in [0.25, 0.3) is 0 Å². The zero-order chi connectivity index (χ0) is 10.8. The Hall–Kier alpha value is -1.22. The van der Waals surface area contributed by atoms with Gasteiger partial charge in [-0.2, -0.15) is 0 Å². The number of amides is 1. The number of rotatable bonds is 3. The molecule has 0 saturated heterocycles. The van der Waals surface area contributed by atoms with Crippen LogP contribution in [0.25, 0.3) is 0 Å². The Morgan fingerprint density at radius 3 is 3.07 bits per heavy atom. The number of fused-ring (bicyclic) bond motifs is 1. The van der Waals surface area contributed by atoms with Gasteiger partial charge in [-0.1, -0.05) is 0 Å². The van der Waals surface area contributed by atoms with Crippen LogP contribution in [0.4, 0.5) is 11.4 Å². The minimum Gasteiger partial charge on any atom is -0.384 e. The lowest BCUT2D eigenvalue weighted by Crippen LogP contribution is -2.20. The van der Waals surface area contributed by atoms with Crippen molar-refractivity contribution in [2.45, 2.75) is 6.42 Å². The molecule has 0 atom stereocenters. The van der Waals surface area contributed by atoms with Crippen molar-refractivity contribution < 1.29 is 4.79 Å².